The number of benzene rings is 3. The molecule has 50 heavy (non-hydrogen) atoms. The van der Waals surface area contributed by atoms with Crippen LogP contribution in [0.5, 0.6) is 0 Å². The van der Waals surface area contributed by atoms with Gasteiger partial charge in [0.2, 0.25) is 11.8 Å². The van der Waals surface area contributed by atoms with E-state index in [1.54, 1.807) is 23.6 Å². The summed E-state index contributed by atoms with van der Waals surface area (Å²) in [5.74, 6) is -1.50. The molecular formula is C40H37F3N4O2S. The summed E-state index contributed by atoms with van der Waals surface area (Å²) in [6.45, 7) is 3.41. The largest absolute Gasteiger partial charge is 0.416 e. The molecule has 1 aliphatic rings. The van der Waals surface area contributed by atoms with Crippen molar-refractivity contribution in [1.29, 1.82) is 0 Å². The summed E-state index contributed by atoms with van der Waals surface area (Å²) in [6.07, 6.45) is -0.954. The van der Waals surface area contributed by atoms with Crippen LogP contribution in [0.15, 0.2) is 126 Å². The van der Waals surface area contributed by atoms with E-state index in [-0.39, 0.29) is 24.4 Å². The zero-order valence-corrected chi connectivity index (χ0v) is 28.2. The maximum absolute atomic E-state index is 14.4. The van der Waals surface area contributed by atoms with Crippen LogP contribution in [0.1, 0.15) is 27.1 Å². The summed E-state index contributed by atoms with van der Waals surface area (Å²) in [5.41, 5.74) is 3.30. The normalized spacial score (nSPS) is 14.7. The molecule has 0 bridgehead atoms. The van der Waals surface area contributed by atoms with Gasteiger partial charge in [-0.25, -0.2) is 0 Å². The van der Waals surface area contributed by atoms with E-state index < -0.39 is 23.6 Å². The third-order valence-corrected chi connectivity index (χ3v) is 9.65. The van der Waals surface area contributed by atoms with Gasteiger partial charge in [-0.2, -0.15) is 13.2 Å². The smallest absolute Gasteiger partial charge is 0.348 e. The molecule has 6 rings (SSSR count). The molecule has 1 fully saturated rings. The average molecular weight is 695 g/mol. The van der Waals surface area contributed by atoms with Gasteiger partial charge in [0.1, 0.15) is 0 Å². The van der Waals surface area contributed by atoms with Gasteiger partial charge >= 0.3 is 6.18 Å². The highest BCUT2D eigenvalue weighted by atomic mass is 32.1. The lowest BCUT2D eigenvalue weighted by Gasteiger charge is -2.36. The SMILES string of the molecule is O=C(NCc1ccc(-c2ccccn2)cc1)C(=Cc1ccc(C(F)(F)F)cc1)[C@H](Cc1ccccc1)C(=O)N1CCN(Cc2cccs2)CC1. The molecule has 0 radical (unpaired) electrons. The second-order valence-electron chi connectivity index (χ2n) is 12.2. The number of hydrogen-bond donors (Lipinski definition) is 1. The second kappa shape index (κ2) is 16.1. The molecule has 0 aliphatic carbocycles. The van der Waals surface area contributed by atoms with Gasteiger partial charge in [-0.3, -0.25) is 19.5 Å². The topological polar surface area (TPSA) is 65.5 Å². The quantitative estimate of drug-likeness (QED) is 0.144. The molecule has 10 heteroatoms. The number of amides is 2. The molecule has 2 aromatic heterocycles. The first-order valence-electron chi connectivity index (χ1n) is 16.5. The second-order valence-corrected chi connectivity index (χ2v) is 13.3. The van der Waals surface area contributed by atoms with Crippen molar-refractivity contribution in [2.24, 2.45) is 5.92 Å². The molecule has 1 aliphatic heterocycles. The van der Waals surface area contributed by atoms with Crippen LogP contribution in [0.4, 0.5) is 13.2 Å². The molecule has 256 valence electrons. The van der Waals surface area contributed by atoms with Gasteiger partial charge in [-0.1, -0.05) is 78.9 Å². The van der Waals surface area contributed by atoms with Gasteiger partial charge in [-0.05, 0) is 64.9 Å². The maximum atomic E-state index is 14.4. The minimum atomic E-state index is -4.49. The monoisotopic (exact) mass is 694 g/mol. The Hall–Kier alpha value is -5.06. The highest BCUT2D eigenvalue weighted by Gasteiger charge is 2.34. The molecular weight excluding hydrogens is 658 g/mol. The zero-order valence-electron chi connectivity index (χ0n) is 27.4. The number of nitrogens with one attached hydrogen (secondary N) is 1. The fraction of sp³-hybridized carbons (Fsp3) is 0.225. The van der Waals surface area contributed by atoms with Crippen LogP contribution in [0.2, 0.25) is 0 Å². The Bertz CT molecular complexity index is 1870. The Labute approximate surface area is 293 Å². The Kier molecular flexibility index (Phi) is 11.2. The van der Waals surface area contributed by atoms with E-state index in [0.717, 1.165) is 41.1 Å². The number of piperazine rings is 1. The lowest BCUT2D eigenvalue weighted by molar-refractivity contribution is -0.138. The van der Waals surface area contributed by atoms with Crippen molar-refractivity contribution >= 4 is 29.2 Å². The van der Waals surface area contributed by atoms with Crippen molar-refractivity contribution in [2.75, 3.05) is 26.2 Å². The number of carbonyl (C=O) groups excluding carboxylic acids is 2. The maximum Gasteiger partial charge on any atom is 0.416 e. The van der Waals surface area contributed by atoms with Gasteiger partial charge < -0.3 is 10.2 Å². The van der Waals surface area contributed by atoms with E-state index >= 15 is 0 Å². The molecule has 1 N–H and O–H groups in total. The van der Waals surface area contributed by atoms with Crippen molar-refractivity contribution in [3.05, 3.63) is 153 Å². The predicted molar refractivity (Wildman–Crippen MR) is 191 cm³/mol. The van der Waals surface area contributed by atoms with Crippen molar-refractivity contribution in [2.45, 2.75) is 25.7 Å². The van der Waals surface area contributed by atoms with Crippen LogP contribution in [-0.4, -0.2) is 52.8 Å². The van der Waals surface area contributed by atoms with Crippen LogP contribution in [-0.2, 0) is 35.3 Å². The summed E-state index contributed by atoms with van der Waals surface area (Å²) >= 11 is 1.70. The summed E-state index contributed by atoms with van der Waals surface area (Å²) < 4.78 is 40.1. The Morgan fingerprint density at radius 1 is 0.820 bits per heavy atom. The minimum Gasteiger partial charge on any atom is -0.348 e. The number of halogens is 3. The highest BCUT2D eigenvalue weighted by Crippen LogP contribution is 2.30. The standard InChI is InChI=1S/C40H37F3N4O2S/c41-40(42,43)33-17-13-30(14-18-33)25-35(38(48)45-27-31-11-15-32(16-12-31)37-10-4-5-19-44-37)36(26-29-7-2-1-3-8-29)39(49)47-22-20-46(21-23-47)28-34-9-6-24-50-34/h1-19,24-25,36H,20-23,26-28H2,(H,45,48)/t36-/m0/s1. The number of thiophene rings is 1. The predicted octanol–water partition coefficient (Wildman–Crippen LogP) is 7.73. The Morgan fingerprint density at radius 3 is 2.18 bits per heavy atom. The van der Waals surface area contributed by atoms with Crippen molar-refractivity contribution in [1.82, 2.24) is 20.1 Å². The Balaban J connectivity index is 1.27. The highest BCUT2D eigenvalue weighted by molar-refractivity contribution is 7.09. The number of alkyl halides is 3. The summed E-state index contributed by atoms with van der Waals surface area (Å²) in [5, 5.41) is 5.04. The number of rotatable bonds is 11. The molecule has 0 spiro atoms. The molecule has 3 heterocycles. The molecule has 6 nitrogen and oxygen atoms in total. The third kappa shape index (κ3) is 9.13. The molecule has 5 aromatic rings. The Morgan fingerprint density at radius 2 is 1.54 bits per heavy atom. The number of hydrogen-bond acceptors (Lipinski definition) is 5. The van der Waals surface area contributed by atoms with Crippen molar-refractivity contribution in [3.8, 4) is 11.3 Å². The van der Waals surface area contributed by atoms with Crippen molar-refractivity contribution in [3.63, 3.8) is 0 Å². The number of nitrogens with zero attached hydrogens (tertiary/aromatic N) is 3. The fourth-order valence-corrected chi connectivity index (χ4v) is 6.78. The van der Waals surface area contributed by atoms with Crippen LogP contribution < -0.4 is 5.32 Å². The van der Waals surface area contributed by atoms with Gasteiger partial charge in [0.25, 0.3) is 0 Å². The zero-order chi connectivity index (χ0) is 34.9. The van der Waals surface area contributed by atoms with Crippen LogP contribution in [0.25, 0.3) is 17.3 Å². The van der Waals surface area contributed by atoms with Gasteiger partial charge in [0.05, 0.1) is 17.2 Å². The summed E-state index contributed by atoms with van der Waals surface area (Å²) in [6, 6.07) is 31.6. The average Bonchev–Trinajstić information content (AvgIpc) is 3.66. The number of aromatic nitrogens is 1. The number of pyridine rings is 1. The van der Waals surface area contributed by atoms with E-state index in [1.807, 2.05) is 83.8 Å². The van der Waals surface area contributed by atoms with E-state index in [1.165, 1.54) is 17.0 Å². The number of carbonyl (C=O) groups is 2. The summed E-state index contributed by atoms with van der Waals surface area (Å²) in [7, 11) is 0. The van der Waals surface area contributed by atoms with E-state index in [4.69, 9.17) is 0 Å². The fourth-order valence-electron chi connectivity index (χ4n) is 6.03. The van der Waals surface area contributed by atoms with Gasteiger partial charge in [0, 0.05) is 61.5 Å². The molecule has 3 aromatic carbocycles. The minimum absolute atomic E-state index is 0.183. The first-order chi connectivity index (χ1) is 24.2. The van der Waals surface area contributed by atoms with Crippen LogP contribution >= 0.6 is 11.3 Å². The van der Waals surface area contributed by atoms with Crippen LogP contribution in [0.3, 0.4) is 0 Å². The molecule has 0 unspecified atom stereocenters. The summed E-state index contributed by atoms with van der Waals surface area (Å²) in [4.78, 5) is 38.3. The van der Waals surface area contributed by atoms with E-state index in [9.17, 15) is 22.8 Å². The lowest BCUT2D eigenvalue weighted by Crippen LogP contribution is -2.51. The molecule has 1 atom stereocenters. The van der Waals surface area contributed by atoms with E-state index in [2.05, 4.69) is 26.6 Å². The van der Waals surface area contributed by atoms with E-state index in [0.29, 0.717) is 31.7 Å². The van der Waals surface area contributed by atoms with Gasteiger partial charge in [0.15, 0.2) is 0 Å². The third-order valence-electron chi connectivity index (χ3n) is 8.79. The van der Waals surface area contributed by atoms with Gasteiger partial charge in [-0.15, -0.1) is 11.3 Å². The first-order valence-corrected chi connectivity index (χ1v) is 17.4. The first kappa shape index (κ1) is 34.8. The molecule has 1 saturated heterocycles. The lowest BCUT2D eigenvalue weighted by atomic mass is 9.88. The van der Waals surface area contributed by atoms with Crippen LogP contribution in [0, 0.1) is 5.92 Å². The molecule has 2 amide bonds. The van der Waals surface area contributed by atoms with Crippen molar-refractivity contribution < 1.29 is 22.8 Å². The molecule has 0 saturated carbocycles.